The van der Waals surface area contributed by atoms with Crippen molar-refractivity contribution in [2.75, 3.05) is 20.6 Å². The van der Waals surface area contributed by atoms with Gasteiger partial charge in [-0.2, -0.15) is 0 Å². The van der Waals surface area contributed by atoms with Crippen LogP contribution in [-0.4, -0.2) is 43.0 Å². The standard InChI is InChI=1S/C12H25N3O/c1-4-10(13)11(16)14-9-12(15(2)3)7-5-6-8-12/h10H,4-9,13H2,1-3H3,(H,14,16). The summed E-state index contributed by atoms with van der Waals surface area (Å²) in [6, 6.07) is -0.361. The van der Waals surface area contributed by atoms with Gasteiger partial charge < -0.3 is 16.0 Å². The maximum absolute atomic E-state index is 11.6. The van der Waals surface area contributed by atoms with Gasteiger partial charge in [-0.05, 0) is 33.4 Å². The predicted octanol–water partition coefficient (Wildman–Crippen LogP) is 0.714. The second kappa shape index (κ2) is 5.64. The summed E-state index contributed by atoms with van der Waals surface area (Å²) in [4.78, 5) is 13.9. The van der Waals surface area contributed by atoms with Gasteiger partial charge in [-0.1, -0.05) is 19.8 Å². The third-order valence-electron chi connectivity index (χ3n) is 3.85. The van der Waals surface area contributed by atoms with E-state index in [1.807, 2.05) is 6.92 Å². The number of likely N-dealkylation sites (N-methyl/N-ethyl adjacent to an activating group) is 1. The summed E-state index contributed by atoms with van der Waals surface area (Å²) >= 11 is 0. The molecule has 1 rings (SSSR count). The van der Waals surface area contributed by atoms with Crippen LogP contribution < -0.4 is 11.1 Å². The molecule has 16 heavy (non-hydrogen) atoms. The van der Waals surface area contributed by atoms with E-state index in [9.17, 15) is 4.79 Å². The average Bonchev–Trinajstić information content (AvgIpc) is 2.74. The number of nitrogens with zero attached hydrogens (tertiary/aromatic N) is 1. The van der Waals surface area contributed by atoms with E-state index < -0.39 is 0 Å². The summed E-state index contributed by atoms with van der Waals surface area (Å²) < 4.78 is 0. The topological polar surface area (TPSA) is 58.4 Å². The van der Waals surface area contributed by atoms with E-state index in [0.29, 0.717) is 6.42 Å². The van der Waals surface area contributed by atoms with E-state index in [1.54, 1.807) is 0 Å². The lowest BCUT2D eigenvalue weighted by molar-refractivity contribution is -0.123. The van der Waals surface area contributed by atoms with Crippen LogP contribution >= 0.6 is 0 Å². The molecular weight excluding hydrogens is 202 g/mol. The Morgan fingerprint density at radius 3 is 2.44 bits per heavy atom. The highest BCUT2D eigenvalue weighted by Crippen LogP contribution is 2.33. The molecule has 94 valence electrons. The molecule has 1 amide bonds. The van der Waals surface area contributed by atoms with Gasteiger partial charge in [0.1, 0.15) is 0 Å². The Morgan fingerprint density at radius 1 is 1.44 bits per heavy atom. The molecule has 1 unspecified atom stereocenters. The molecule has 0 aromatic rings. The van der Waals surface area contributed by atoms with Gasteiger partial charge in [0.2, 0.25) is 5.91 Å². The minimum absolute atomic E-state index is 0.0179. The minimum Gasteiger partial charge on any atom is -0.353 e. The summed E-state index contributed by atoms with van der Waals surface area (Å²) in [6.45, 7) is 2.66. The summed E-state index contributed by atoms with van der Waals surface area (Å²) in [7, 11) is 4.19. The molecule has 1 aliphatic rings. The largest absolute Gasteiger partial charge is 0.353 e. The fraction of sp³-hybridized carbons (Fsp3) is 0.917. The SMILES string of the molecule is CCC(N)C(=O)NCC1(N(C)C)CCCC1. The van der Waals surface area contributed by atoms with Crippen LogP contribution in [0, 0.1) is 0 Å². The third kappa shape index (κ3) is 2.95. The van der Waals surface area contributed by atoms with Crippen LogP contribution in [0.2, 0.25) is 0 Å². The smallest absolute Gasteiger partial charge is 0.236 e. The first-order valence-electron chi connectivity index (χ1n) is 6.22. The molecule has 0 saturated heterocycles. The van der Waals surface area contributed by atoms with E-state index in [2.05, 4.69) is 24.3 Å². The molecule has 1 saturated carbocycles. The number of rotatable bonds is 5. The number of amides is 1. The molecule has 1 fully saturated rings. The van der Waals surface area contributed by atoms with E-state index in [4.69, 9.17) is 5.73 Å². The summed E-state index contributed by atoms with van der Waals surface area (Å²) in [5.41, 5.74) is 5.85. The lowest BCUT2D eigenvalue weighted by atomic mass is 9.96. The van der Waals surface area contributed by atoms with Crippen LogP contribution in [0.3, 0.4) is 0 Å². The Labute approximate surface area is 98.6 Å². The van der Waals surface area contributed by atoms with Crippen LogP contribution in [0.1, 0.15) is 39.0 Å². The maximum Gasteiger partial charge on any atom is 0.236 e. The van der Waals surface area contributed by atoms with Gasteiger partial charge in [-0.3, -0.25) is 4.79 Å². The molecule has 4 nitrogen and oxygen atoms in total. The second-order valence-corrected chi connectivity index (χ2v) is 5.06. The Morgan fingerprint density at radius 2 is 2.00 bits per heavy atom. The van der Waals surface area contributed by atoms with Crippen molar-refractivity contribution in [1.29, 1.82) is 0 Å². The van der Waals surface area contributed by atoms with Crippen LogP contribution in [0.4, 0.5) is 0 Å². The third-order valence-corrected chi connectivity index (χ3v) is 3.85. The molecule has 0 aliphatic heterocycles. The first-order chi connectivity index (χ1) is 7.52. The van der Waals surface area contributed by atoms with Gasteiger partial charge in [-0.15, -0.1) is 0 Å². The van der Waals surface area contributed by atoms with Crippen molar-refractivity contribution in [1.82, 2.24) is 10.2 Å². The van der Waals surface area contributed by atoms with Gasteiger partial charge >= 0.3 is 0 Å². The van der Waals surface area contributed by atoms with E-state index >= 15 is 0 Å². The highest BCUT2D eigenvalue weighted by molar-refractivity contribution is 5.81. The molecule has 0 radical (unpaired) electrons. The van der Waals surface area contributed by atoms with Crippen LogP contribution in [-0.2, 0) is 4.79 Å². The van der Waals surface area contributed by atoms with Crippen LogP contribution in [0.5, 0.6) is 0 Å². The summed E-state index contributed by atoms with van der Waals surface area (Å²) in [6.07, 6.45) is 5.55. The summed E-state index contributed by atoms with van der Waals surface area (Å²) in [5.74, 6) is -0.0179. The van der Waals surface area contributed by atoms with Gasteiger partial charge in [0.05, 0.1) is 6.04 Å². The fourth-order valence-electron chi connectivity index (χ4n) is 2.38. The molecule has 1 atom stereocenters. The lowest BCUT2D eigenvalue weighted by Crippen LogP contribution is -2.53. The number of hydrogen-bond acceptors (Lipinski definition) is 3. The van der Waals surface area contributed by atoms with Crippen molar-refractivity contribution in [2.45, 2.75) is 50.6 Å². The molecule has 1 aliphatic carbocycles. The average molecular weight is 227 g/mol. The van der Waals surface area contributed by atoms with Crippen LogP contribution in [0.15, 0.2) is 0 Å². The quantitative estimate of drug-likeness (QED) is 0.727. The van der Waals surface area contributed by atoms with Gasteiger partial charge in [-0.25, -0.2) is 0 Å². The molecule has 0 aromatic heterocycles. The zero-order valence-corrected chi connectivity index (χ0v) is 10.8. The van der Waals surface area contributed by atoms with Crippen molar-refractivity contribution < 1.29 is 4.79 Å². The molecule has 0 bridgehead atoms. The molecule has 4 heteroatoms. The molecule has 0 heterocycles. The molecule has 0 spiro atoms. The zero-order valence-electron chi connectivity index (χ0n) is 10.8. The number of carbonyl (C=O) groups excluding carboxylic acids is 1. The van der Waals surface area contributed by atoms with Crippen LogP contribution in [0.25, 0.3) is 0 Å². The Hall–Kier alpha value is -0.610. The maximum atomic E-state index is 11.6. The number of nitrogens with two attached hydrogens (primary N) is 1. The second-order valence-electron chi connectivity index (χ2n) is 5.06. The van der Waals surface area contributed by atoms with Crippen molar-refractivity contribution in [3.63, 3.8) is 0 Å². The lowest BCUT2D eigenvalue weighted by Gasteiger charge is -2.36. The molecule has 3 N–H and O–H groups in total. The van der Waals surface area contributed by atoms with E-state index in [0.717, 1.165) is 6.54 Å². The summed E-state index contributed by atoms with van der Waals surface area (Å²) in [5, 5.41) is 2.99. The number of carbonyl (C=O) groups is 1. The van der Waals surface area contributed by atoms with Gasteiger partial charge in [0.25, 0.3) is 0 Å². The molecular formula is C12H25N3O. The monoisotopic (exact) mass is 227 g/mol. The predicted molar refractivity (Wildman–Crippen MR) is 66.2 cm³/mol. The Bertz CT molecular complexity index is 234. The van der Waals surface area contributed by atoms with Crippen molar-refractivity contribution in [2.24, 2.45) is 5.73 Å². The zero-order chi connectivity index (χ0) is 12.2. The van der Waals surface area contributed by atoms with Gasteiger partial charge in [0, 0.05) is 12.1 Å². The Balaban J connectivity index is 2.48. The number of nitrogens with one attached hydrogen (secondary N) is 1. The van der Waals surface area contributed by atoms with E-state index in [-0.39, 0.29) is 17.5 Å². The first-order valence-corrected chi connectivity index (χ1v) is 6.22. The highest BCUT2D eigenvalue weighted by atomic mass is 16.2. The normalized spacial score (nSPS) is 21.1. The van der Waals surface area contributed by atoms with Crippen molar-refractivity contribution in [3.8, 4) is 0 Å². The fourth-order valence-corrected chi connectivity index (χ4v) is 2.38. The van der Waals surface area contributed by atoms with E-state index in [1.165, 1.54) is 25.7 Å². The van der Waals surface area contributed by atoms with Gasteiger partial charge in [0.15, 0.2) is 0 Å². The Kier molecular flexibility index (Phi) is 4.74. The van der Waals surface area contributed by atoms with Crippen molar-refractivity contribution >= 4 is 5.91 Å². The first kappa shape index (κ1) is 13.5. The van der Waals surface area contributed by atoms with Crippen molar-refractivity contribution in [3.05, 3.63) is 0 Å². The molecule has 0 aromatic carbocycles. The highest BCUT2D eigenvalue weighted by Gasteiger charge is 2.36. The minimum atomic E-state index is -0.361. The number of hydrogen-bond donors (Lipinski definition) is 2.